The van der Waals surface area contributed by atoms with Gasteiger partial charge in [0.25, 0.3) is 5.91 Å². The van der Waals surface area contributed by atoms with E-state index in [1.54, 1.807) is 42.2 Å². The number of hydrogen-bond acceptors (Lipinski definition) is 4. The van der Waals surface area contributed by atoms with Crippen LogP contribution in [0.5, 0.6) is 0 Å². The maximum absolute atomic E-state index is 12.6. The van der Waals surface area contributed by atoms with E-state index in [0.29, 0.717) is 28.7 Å². The standard InChI is InChI=1S/C19H18ClN3O3/c1-12-19(25)23(11-14-6-8-17(9-7-14)21-13(2)24)18(22-26-12)15-4-3-5-16(20)10-15/h3-10,12H,11H2,1-2H3,(H,21,24). The summed E-state index contributed by atoms with van der Waals surface area (Å²) < 4.78 is 0. The highest BCUT2D eigenvalue weighted by Crippen LogP contribution is 2.21. The number of halogens is 1. The van der Waals surface area contributed by atoms with E-state index in [0.717, 1.165) is 5.56 Å². The van der Waals surface area contributed by atoms with E-state index in [1.807, 2.05) is 18.2 Å². The van der Waals surface area contributed by atoms with Crippen LogP contribution in [0.4, 0.5) is 5.69 Å². The van der Waals surface area contributed by atoms with Crippen molar-refractivity contribution in [2.24, 2.45) is 5.16 Å². The molecule has 2 amide bonds. The fraction of sp³-hybridized carbons (Fsp3) is 0.211. The van der Waals surface area contributed by atoms with E-state index < -0.39 is 6.10 Å². The number of carbonyl (C=O) groups is 2. The van der Waals surface area contributed by atoms with Crippen molar-refractivity contribution >= 4 is 34.9 Å². The molecule has 134 valence electrons. The monoisotopic (exact) mass is 371 g/mol. The molecule has 26 heavy (non-hydrogen) atoms. The number of anilines is 1. The van der Waals surface area contributed by atoms with E-state index in [2.05, 4.69) is 10.5 Å². The zero-order valence-corrected chi connectivity index (χ0v) is 15.2. The molecule has 0 spiro atoms. The van der Waals surface area contributed by atoms with Crippen LogP contribution in [0.15, 0.2) is 53.7 Å². The van der Waals surface area contributed by atoms with Gasteiger partial charge in [0.15, 0.2) is 5.84 Å². The van der Waals surface area contributed by atoms with Crippen molar-refractivity contribution in [1.82, 2.24) is 4.90 Å². The molecule has 0 saturated carbocycles. The van der Waals surface area contributed by atoms with Crippen LogP contribution in [0, 0.1) is 0 Å². The number of carbonyl (C=O) groups excluding carboxylic acids is 2. The maximum Gasteiger partial charge on any atom is 0.272 e. The van der Waals surface area contributed by atoms with Crippen LogP contribution in [0.2, 0.25) is 5.02 Å². The Kier molecular flexibility index (Phi) is 5.23. The average Bonchev–Trinajstić information content (AvgIpc) is 2.60. The summed E-state index contributed by atoms with van der Waals surface area (Å²) in [5.74, 6) is 0.104. The third kappa shape index (κ3) is 4.03. The molecule has 1 aliphatic heterocycles. The third-order valence-electron chi connectivity index (χ3n) is 3.86. The van der Waals surface area contributed by atoms with Crippen LogP contribution >= 0.6 is 11.6 Å². The van der Waals surface area contributed by atoms with Crippen LogP contribution in [-0.4, -0.2) is 28.7 Å². The minimum atomic E-state index is -0.656. The summed E-state index contributed by atoms with van der Waals surface area (Å²) in [7, 11) is 0. The molecular weight excluding hydrogens is 354 g/mol. The first-order valence-corrected chi connectivity index (χ1v) is 8.49. The summed E-state index contributed by atoms with van der Waals surface area (Å²) in [5, 5.41) is 7.38. The Labute approximate surface area is 156 Å². The number of hydrogen-bond donors (Lipinski definition) is 1. The number of amides is 2. The number of amidine groups is 1. The molecule has 1 atom stereocenters. The SMILES string of the molecule is CC(=O)Nc1ccc(CN2C(=O)C(C)ON=C2c2cccc(Cl)c2)cc1. The molecule has 0 saturated heterocycles. The van der Waals surface area contributed by atoms with Gasteiger partial charge in [-0.2, -0.15) is 0 Å². The largest absolute Gasteiger partial charge is 0.381 e. The average molecular weight is 372 g/mol. The molecule has 2 aromatic carbocycles. The Morgan fingerprint density at radius 1 is 1.27 bits per heavy atom. The van der Waals surface area contributed by atoms with Gasteiger partial charge in [-0.3, -0.25) is 14.5 Å². The van der Waals surface area contributed by atoms with E-state index in [9.17, 15) is 9.59 Å². The van der Waals surface area contributed by atoms with Gasteiger partial charge in [-0.05, 0) is 36.8 Å². The van der Waals surface area contributed by atoms with Crippen LogP contribution in [0.1, 0.15) is 25.0 Å². The molecule has 1 unspecified atom stereocenters. The lowest BCUT2D eigenvalue weighted by atomic mass is 10.1. The first-order valence-electron chi connectivity index (χ1n) is 8.11. The molecule has 1 N–H and O–H groups in total. The van der Waals surface area contributed by atoms with Gasteiger partial charge in [-0.15, -0.1) is 0 Å². The molecule has 0 fully saturated rings. The Balaban J connectivity index is 1.87. The lowest BCUT2D eigenvalue weighted by Gasteiger charge is -2.30. The maximum atomic E-state index is 12.6. The van der Waals surface area contributed by atoms with E-state index in [1.165, 1.54) is 6.92 Å². The van der Waals surface area contributed by atoms with Crippen LogP contribution in [0.25, 0.3) is 0 Å². The van der Waals surface area contributed by atoms with Gasteiger partial charge in [-0.1, -0.05) is 41.0 Å². The molecule has 3 rings (SSSR count). The van der Waals surface area contributed by atoms with Crippen LogP contribution in [-0.2, 0) is 21.0 Å². The summed E-state index contributed by atoms with van der Waals surface area (Å²) in [5.41, 5.74) is 2.30. The smallest absolute Gasteiger partial charge is 0.272 e. The number of benzene rings is 2. The van der Waals surface area contributed by atoms with E-state index >= 15 is 0 Å². The molecule has 2 aromatic rings. The fourth-order valence-corrected chi connectivity index (χ4v) is 2.81. The number of nitrogens with one attached hydrogen (secondary N) is 1. The van der Waals surface area contributed by atoms with Gasteiger partial charge in [0.2, 0.25) is 12.0 Å². The Morgan fingerprint density at radius 3 is 2.65 bits per heavy atom. The Hall–Kier alpha value is -2.86. The quantitative estimate of drug-likeness (QED) is 0.895. The van der Waals surface area contributed by atoms with Crippen LogP contribution in [0.3, 0.4) is 0 Å². The summed E-state index contributed by atoms with van der Waals surface area (Å²) in [4.78, 5) is 30.6. The van der Waals surface area contributed by atoms with Crippen molar-refractivity contribution in [2.45, 2.75) is 26.5 Å². The van der Waals surface area contributed by atoms with Gasteiger partial charge in [0, 0.05) is 23.2 Å². The lowest BCUT2D eigenvalue weighted by Crippen LogP contribution is -2.46. The molecule has 7 heteroatoms. The zero-order chi connectivity index (χ0) is 18.7. The van der Waals surface area contributed by atoms with Crippen molar-refractivity contribution in [3.63, 3.8) is 0 Å². The minimum Gasteiger partial charge on any atom is -0.381 e. The topological polar surface area (TPSA) is 71.0 Å². The second-order valence-corrected chi connectivity index (χ2v) is 6.41. The fourth-order valence-electron chi connectivity index (χ4n) is 2.62. The number of rotatable bonds is 4. The first kappa shape index (κ1) is 17.9. The molecule has 0 aromatic heterocycles. The van der Waals surface area contributed by atoms with Crippen molar-refractivity contribution < 1.29 is 14.4 Å². The van der Waals surface area contributed by atoms with Gasteiger partial charge in [0.1, 0.15) is 0 Å². The summed E-state index contributed by atoms with van der Waals surface area (Å²) >= 11 is 6.06. The minimum absolute atomic E-state index is 0.134. The summed E-state index contributed by atoms with van der Waals surface area (Å²) in [6, 6.07) is 14.4. The first-order chi connectivity index (χ1) is 12.4. The highest BCUT2D eigenvalue weighted by molar-refractivity contribution is 6.31. The second kappa shape index (κ2) is 7.58. The molecule has 0 radical (unpaired) electrons. The molecule has 1 heterocycles. The lowest BCUT2D eigenvalue weighted by molar-refractivity contribution is -0.142. The third-order valence-corrected chi connectivity index (χ3v) is 4.10. The Morgan fingerprint density at radius 2 is 2.00 bits per heavy atom. The molecule has 0 aliphatic carbocycles. The molecular formula is C19H18ClN3O3. The van der Waals surface area contributed by atoms with Crippen molar-refractivity contribution in [1.29, 1.82) is 0 Å². The van der Waals surface area contributed by atoms with Crippen molar-refractivity contribution in [3.05, 3.63) is 64.7 Å². The highest BCUT2D eigenvalue weighted by Gasteiger charge is 2.31. The van der Waals surface area contributed by atoms with Gasteiger partial charge >= 0.3 is 0 Å². The van der Waals surface area contributed by atoms with E-state index in [4.69, 9.17) is 16.4 Å². The van der Waals surface area contributed by atoms with Gasteiger partial charge in [-0.25, -0.2) is 0 Å². The number of nitrogens with zero attached hydrogens (tertiary/aromatic N) is 2. The highest BCUT2D eigenvalue weighted by atomic mass is 35.5. The van der Waals surface area contributed by atoms with Gasteiger partial charge < -0.3 is 10.2 Å². The zero-order valence-electron chi connectivity index (χ0n) is 14.4. The molecule has 1 aliphatic rings. The summed E-state index contributed by atoms with van der Waals surface area (Å²) in [6.07, 6.45) is -0.656. The van der Waals surface area contributed by atoms with Gasteiger partial charge in [0.05, 0.1) is 6.54 Å². The predicted octanol–water partition coefficient (Wildman–Crippen LogP) is 3.41. The van der Waals surface area contributed by atoms with E-state index in [-0.39, 0.29) is 11.8 Å². The van der Waals surface area contributed by atoms with Crippen molar-refractivity contribution in [3.8, 4) is 0 Å². The number of oxime groups is 1. The van der Waals surface area contributed by atoms with Crippen LogP contribution < -0.4 is 5.32 Å². The molecule has 6 nitrogen and oxygen atoms in total. The second-order valence-electron chi connectivity index (χ2n) is 5.98. The normalized spacial score (nSPS) is 16.7. The predicted molar refractivity (Wildman–Crippen MR) is 99.8 cm³/mol. The summed E-state index contributed by atoms with van der Waals surface area (Å²) in [6.45, 7) is 3.45. The Bertz CT molecular complexity index is 865. The molecule has 0 bridgehead atoms. The van der Waals surface area contributed by atoms with Crippen molar-refractivity contribution in [2.75, 3.05) is 5.32 Å².